The van der Waals surface area contributed by atoms with Crippen LogP contribution in [0.5, 0.6) is 17.2 Å². The monoisotopic (exact) mass is 366 g/mol. The highest BCUT2D eigenvalue weighted by Crippen LogP contribution is 2.27. The number of rotatable bonds is 6. The van der Waals surface area contributed by atoms with Gasteiger partial charge in [-0.3, -0.25) is 4.79 Å². The van der Waals surface area contributed by atoms with Gasteiger partial charge in [0.05, 0.1) is 17.9 Å². The van der Waals surface area contributed by atoms with Gasteiger partial charge < -0.3 is 14.8 Å². The molecule has 5 nitrogen and oxygen atoms in total. The van der Waals surface area contributed by atoms with Crippen LogP contribution in [0.2, 0.25) is 0 Å². The van der Waals surface area contributed by atoms with E-state index in [0.29, 0.717) is 35.1 Å². The number of anilines is 1. The fourth-order valence-electron chi connectivity index (χ4n) is 2.54. The molecular weight excluding hydrogens is 347 g/mol. The van der Waals surface area contributed by atoms with Crippen LogP contribution in [-0.2, 0) is 0 Å². The topological polar surface area (TPSA) is 60.5 Å². The Bertz CT molecular complexity index is 960. The number of hydrogen-bond acceptors (Lipinski definition) is 4. The molecule has 0 fully saturated rings. The first kappa shape index (κ1) is 18.4. The summed E-state index contributed by atoms with van der Waals surface area (Å²) in [6, 6.07) is 16.9. The molecule has 0 aliphatic carbocycles. The van der Waals surface area contributed by atoms with Crippen LogP contribution in [-0.4, -0.2) is 17.5 Å². The second-order valence-corrected chi connectivity index (χ2v) is 5.76. The van der Waals surface area contributed by atoms with Crippen molar-refractivity contribution in [1.29, 1.82) is 0 Å². The Labute approximate surface area is 156 Å². The molecule has 0 unspecified atom stereocenters. The van der Waals surface area contributed by atoms with Gasteiger partial charge in [-0.1, -0.05) is 12.1 Å². The van der Waals surface area contributed by atoms with Crippen molar-refractivity contribution in [3.8, 4) is 17.2 Å². The van der Waals surface area contributed by atoms with Crippen molar-refractivity contribution in [3.05, 3.63) is 77.9 Å². The van der Waals surface area contributed by atoms with Gasteiger partial charge in [0.2, 0.25) is 5.95 Å². The number of aryl methyl sites for hydroxylation is 1. The van der Waals surface area contributed by atoms with Gasteiger partial charge in [-0.2, -0.15) is 4.39 Å². The Morgan fingerprint density at radius 1 is 1.04 bits per heavy atom. The van der Waals surface area contributed by atoms with Crippen LogP contribution in [0.3, 0.4) is 0 Å². The lowest BCUT2D eigenvalue weighted by Crippen LogP contribution is -2.14. The van der Waals surface area contributed by atoms with Gasteiger partial charge in [0.15, 0.2) is 0 Å². The van der Waals surface area contributed by atoms with E-state index in [2.05, 4.69) is 10.3 Å². The standard InChI is InChI=1S/C21H19FN2O3/c1-3-26-16-7-5-9-18(13-16)27-17-8-4-6-15(12-17)24-21(25)19-10-11-20(22)23-14(19)2/h4-13H,3H2,1-2H3,(H,24,25). The molecule has 0 spiro atoms. The summed E-state index contributed by atoms with van der Waals surface area (Å²) in [7, 11) is 0. The number of nitrogens with zero attached hydrogens (tertiary/aromatic N) is 1. The van der Waals surface area contributed by atoms with E-state index >= 15 is 0 Å². The van der Waals surface area contributed by atoms with E-state index in [9.17, 15) is 9.18 Å². The number of halogens is 1. The summed E-state index contributed by atoms with van der Waals surface area (Å²) in [5, 5.41) is 2.77. The molecule has 1 heterocycles. The quantitative estimate of drug-likeness (QED) is 0.626. The van der Waals surface area contributed by atoms with Gasteiger partial charge in [0.25, 0.3) is 5.91 Å². The largest absolute Gasteiger partial charge is 0.494 e. The highest BCUT2D eigenvalue weighted by molar-refractivity contribution is 6.05. The van der Waals surface area contributed by atoms with Crippen molar-refractivity contribution < 1.29 is 18.7 Å². The zero-order valence-corrected chi connectivity index (χ0v) is 15.0. The van der Waals surface area contributed by atoms with Gasteiger partial charge in [-0.05, 0) is 50.2 Å². The molecule has 0 radical (unpaired) electrons. The van der Waals surface area contributed by atoms with Gasteiger partial charge in [0, 0.05) is 17.8 Å². The molecule has 6 heteroatoms. The first-order valence-electron chi connectivity index (χ1n) is 8.50. The van der Waals surface area contributed by atoms with E-state index in [-0.39, 0.29) is 5.91 Å². The number of ether oxygens (including phenoxy) is 2. The fourth-order valence-corrected chi connectivity index (χ4v) is 2.54. The molecule has 0 saturated heterocycles. The van der Waals surface area contributed by atoms with Crippen molar-refractivity contribution >= 4 is 11.6 Å². The molecule has 0 atom stereocenters. The third kappa shape index (κ3) is 4.82. The van der Waals surface area contributed by atoms with Gasteiger partial charge in [-0.25, -0.2) is 4.98 Å². The minimum Gasteiger partial charge on any atom is -0.494 e. The highest BCUT2D eigenvalue weighted by atomic mass is 19.1. The molecule has 0 saturated carbocycles. The van der Waals surface area contributed by atoms with E-state index in [1.807, 2.05) is 25.1 Å². The minimum atomic E-state index is -0.617. The average molecular weight is 366 g/mol. The summed E-state index contributed by atoms with van der Waals surface area (Å²) in [5.74, 6) is 0.932. The third-order valence-electron chi connectivity index (χ3n) is 3.74. The van der Waals surface area contributed by atoms with Crippen molar-refractivity contribution in [2.45, 2.75) is 13.8 Å². The summed E-state index contributed by atoms with van der Waals surface area (Å²) < 4.78 is 24.4. The van der Waals surface area contributed by atoms with Crippen LogP contribution in [0.25, 0.3) is 0 Å². The number of carbonyl (C=O) groups excluding carboxylic acids is 1. The van der Waals surface area contributed by atoms with E-state index in [4.69, 9.17) is 9.47 Å². The number of benzene rings is 2. The Kier molecular flexibility index (Phi) is 5.66. The number of nitrogens with one attached hydrogen (secondary N) is 1. The number of pyridine rings is 1. The molecule has 3 aromatic rings. The maximum absolute atomic E-state index is 13.1. The molecule has 3 rings (SSSR count). The predicted molar refractivity (Wildman–Crippen MR) is 101 cm³/mol. The summed E-state index contributed by atoms with van der Waals surface area (Å²) in [6.07, 6.45) is 0. The van der Waals surface area contributed by atoms with Crippen molar-refractivity contribution in [2.24, 2.45) is 0 Å². The van der Waals surface area contributed by atoms with E-state index in [1.165, 1.54) is 6.07 Å². The Hall–Kier alpha value is -3.41. The summed E-state index contributed by atoms with van der Waals surface area (Å²) in [6.45, 7) is 4.07. The maximum atomic E-state index is 13.1. The smallest absolute Gasteiger partial charge is 0.257 e. The van der Waals surface area contributed by atoms with Crippen LogP contribution >= 0.6 is 0 Å². The van der Waals surface area contributed by atoms with Crippen LogP contribution in [0, 0.1) is 12.9 Å². The molecule has 0 aliphatic rings. The zero-order valence-electron chi connectivity index (χ0n) is 15.0. The normalized spacial score (nSPS) is 10.3. The van der Waals surface area contributed by atoms with Gasteiger partial charge in [-0.15, -0.1) is 0 Å². The lowest BCUT2D eigenvalue weighted by atomic mass is 10.2. The lowest BCUT2D eigenvalue weighted by molar-refractivity contribution is 0.102. The Morgan fingerprint density at radius 2 is 1.74 bits per heavy atom. The first-order valence-corrected chi connectivity index (χ1v) is 8.50. The van der Waals surface area contributed by atoms with E-state index in [0.717, 1.165) is 11.8 Å². The average Bonchev–Trinajstić information content (AvgIpc) is 2.62. The number of aromatic nitrogens is 1. The third-order valence-corrected chi connectivity index (χ3v) is 3.74. The number of carbonyl (C=O) groups is 1. The minimum absolute atomic E-state index is 0.312. The second-order valence-electron chi connectivity index (χ2n) is 5.76. The molecule has 0 aliphatic heterocycles. The zero-order chi connectivity index (χ0) is 19.2. The van der Waals surface area contributed by atoms with Crippen molar-refractivity contribution in [2.75, 3.05) is 11.9 Å². The van der Waals surface area contributed by atoms with Crippen LogP contribution in [0.1, 0.15) is 23.0 Å². The van der Waals surface area contributed by atoms with Crippen LogP contribution in [0.4, 0.5) is 10.1 Å². The molecule has 1 amide bonds. The second kappa shape index (κ2) is 8.31. The Balaban J connectivity index is 1.73. The van der Waals surface area contributed by atoms with Crippen LogP contribution in [0.15, 0.2) is 60.7 Å². The van der Waals surface area contributed by atoms with Crippen molar-refractivity contribution in [3.63, 3.8) is 0 Å². The molecule has 2 aromatic carbocycles. The molecule has 1 aromatic heterocycles. The lowest BCUT2D eigenvalue weighted by Gasteiger charge is -2.11. The van der Waals surface area contributed by atoms with Gasteiger partial charge >= 0.3 is 0 Å². The van der Waals surface area contributed by atoms with E-state index < -0.39 is 5.95 Å². The molecule has 0 bridgehead atoms. The first-order chi connectivity index (χ1) is 13.0. The highest BCUT2D eigenvalue weighted by Gasteiger charge is 2.11. The Morgan fingerprint density at radius 3 is 2.48 bits per heavy atom. The molecule has 27 heavy (non-hydrogen) atoms. The number of hydrogen-bond donors (Lipinski definition) is 1. The van der Waals surface area contributed by atoms with Gasteiger partial charge in [0.1, 0.15) is 17.2 Å². The summed E-state index contributed by atoms with van der Waals surface area (Å²) >= 11 is 0. The van der Waals surface area contributed by atoms with E-state index in [1.54, 1.807) is 37.3 Å². The predicted octanol–water partition coefficient (Wildman–Crippen LogP) is 4.97. The number of amides is 1. The molecule has 138 valence electrons. The fraction of sp³-hybridized carbons (Fsp3) is 0.143. The molecule has 1 N–H and O–H groups in total. The van der Waals surface area contributed by atoms with Crippen molar-refractivity contribution in [1.82, 2.24) is 4.98 Å². The maximum Gasteiger partial charge on any atom is 0.257 e. The van der Waals surface area contributed by atoms with Crippen LogP contribution < -0.4 is 14.8 Å². The SMILES string of the molecule is CCOc1cccc(Oc2cccc(NC(=O)c3ccc(F)nc3C)c2)c1. The summed E-state index contributed by atoms with van der Waals surface area (Å²) in [5.41, 5.74) is 1.20. The summed E-state index contributed by atoms with van der Waals surface area (Å²) in [4.78, 5) is 16.1. The molecular formula is C21H19FN2O3.